The zero-order valence-electron chi connectivity index (χ0n) is 6.82. The second-order valence-corrected chi connectivity index (χ2v) is 3.41. The van der Waals surface area contributed by atoms with Gasteiger partial charge >= 0.3 is 0 Å². The Kier molecular flexibility index (Phi) is 2.62. The molecule has 0 atom stereocenters. The van der Waals surface area contributed by atoms with Crippen LogP contribution in [-0.4, -0.2) is 5.78 Å². The number of carbonyl (C=O) groups excluding carboxylic acids is 1. The molecule has 1 aromatic carbocycles. The number of carbonyl (C=O) groups is 1. The van der Waals surface area contributed by atoms with Crippen LogP contribution in [0.2, 0.25) is 0 Å². The highest BCUT2D eigenvalue weighted by Crippen LogP contribution is 2.23. The van der Waals surface area contributed by atoms with E-state index in [9.17, 15) is 9.18 Å². The van der Waals surface area contributed by atoms with Crippen molar-refractivity contribution in [3.8, 4) is 0 Å². The van der Waals surface area contributed by atoms with E-state index in [1.54, 1.807) is 13.0 Å². The molecule has 0 aliphatic rings. The number of ketones is 1. The minimum atomic E-state index is -0.470. The second kappa shape index (κ2) is 3.35. The van der Waals surface area contributed by atoms with Crippen molar-refractivity contribution in [2.24, 2.45) is 0 Å². The van der Waals surface area contributed by atoms with Gasteiger partial charge in [-0.05, 0) is 41.4 Å². The Morgan fingerprint density at radius 1 is 1.50 bits per heavy atom. The number of aryl methyl sites for hydroxylation is 1. The summed E-state index contributed by atoms with van der Waals surface area (Å²) in [5, 5.41) is 0. The number of rotatable bonds is 1. The average Bonchev–Trinajstić information content (AvgIpc) is 2.00. The third-order valence-electron chi connectivity index (χ3n) is 1.65. The Morgan fingerprint density at radius 3 is 2.58 bits per heavy atom. The van der Waals surface area contributed by atoms with Crippen LogP contribution < -0.4 is 0 Å². The molecule has 0 N–H and O–H groups in total. The molecule has 0 amide bonds. The molecule has 0 aliphatic carbocycles. The van der Waals surface area contributed by atoms with Crippen LogP contribution in [0, 0.1) is 12.7 Å². The lowest BCUT2D eigenvalue weighted by molar-refractivity contribution is 0.101. The van der Waals surface area contributed by atoms with Gasteiger partial charge in [0.15, 0.2) is 5.78 Å². The first kappa shape index (κ1) is 9.39. The summed E-state index contributed by atoms with van der Waals surface area (Å²) in [6.07, 6.45) is 0. The molecule has 0 aromatic heterocycles. The van der Waals surface area contributed by atoms with Crippen molar-refractivity contribution in [2.75, 3.05) is 0 Å². The maximum atomic E-state index is 13.2. The van der Waals surface area contributed by atoms with Crippen LogP contribution in [0.5, 0.6) is 0 Å². The van der Waals surface area contributed by atoms with Gasteiger partial charge in [-0.25, -0.2) is 4.39 Å². The lowest BCUT2D eigenvalue weighted by Gasteiger charge is -2.02. The number of halogens is 2. The molecule has 1 aromatic rings. The molecule has 0 aliphatic heterocycles. The van der Waals surface area contributed by atoms with Crippen LogP contribution in [0.25, 0.3) is 0 Å². The quantitative estimate of drug-likeness (QED) is 0.678. The van der Waals surface area contributed by atoms with Crippen molar-refractivity contribution in [3.63, 3.8) is 0 Å². The first-order chi connectivity index (χ1) is 5.54. The SMILES string of the molecule is CC(=O)c1ccc(C)c(Br)c1F. The molecule has 64 valence electrons. The maximum Gasteiger partial charge on any atom is 0.162 e. The largest absolute Gasteiger partial charge is 0.294 e. The summed E-state index contributed by atoms with van der Waals surface area (Å²) in [6, 6.07) is 3.21. The zero-order valence-corrected chi connectivity index (χ0v) is 8.40. The normalized spacial score (nSPS) is 10.0. The Hall–Kier alpha value is -0.700. The standard InChI is InChI=1S/C9H8BrFO/c1-5-3-4-7(6(2)12)9(11)8(5)10/h3-4H,1-2H3. The molecule has 12 heavy (non-hydrogen) atoms. The zero-order chi connectivity index (χ0) is 9.30. The summed E-state index contributed by atoms with van der Waals surface area (Å²) in [5.41, 5.74) is 0.921. The predicted molar refractivity (Wildman–Crippen MR) is 48.8 cm³/mol. The molecule has 0 radical (unpaired) electrons. The maximum absolute atomic E-state index is 13.2. The van der Waals surface area contributed by atoms with Crippen molar-refractivity contribution in [3.05, 3.63) is 33.5 Å². The highest BCUT2D eigenvalue weighted by atomic mass is 79.9. The Labute approximate surface area is 78.7 Å². The van der Waals surface area contributed by atoms with Crippen LogP contribution in [0.4, 0.5) is 4.39 Å². The fourth-order valence-electron chi connectivity index (χ4n) is 0.918. The van der Waals surface area contributed by atoms with Gasteiger partial charge in [-0.2, -0.15) is 0 Å². The lowest BCUT2D eigenvalue weighted by Crippen LogP contribution is -1.98. The average molecular weight is 231 g/mol. The molecule has 1 nitrogen and oxygen atoms in total. The van der Waals surface area contributed by atoms with Gasteiger partial charge in [0.05, 0.1) is 10.0 Å². The molecule has 0 heterocycles. The van der Waals surface area contributed by atoms with Gasteiger partial charge in [-0.3, -0.25) is 4.79 Å². The van der Waals surface area contributed by atoms with Crippen molar-refractivity contribution >= 4 is 21.7 Å². The Bertz CT molecular complexity index is 334. The fourth-order valence-corrected chi connectivity index (χ4v) is 1.26. The van der Waals surface area contributed by atoms with Crippen molar-refractivity contribution < 1.29 is 9.18 Å². The summed E-state index contributed by atoms with van der Waals surface area (Å²) in [7, 11) is 0. The number of Topliss-reactive ketones (excluding diaryl/α,β-unsaturated/α-hetero) is 1. The van der Waals surface area contributed by atoms with Gasteiger partial charge in [-0.1, -0.05) is 6.07 Å². The molecule has 1 rings (SSSR count). The second-order valence-electron chi connectivity index (χ2n) is 2.61. The molecule has 0 unspecified atom stereocenters. The first-order valence-corrected chi connectivity index (χ1v) is 4.29. The van der Waals surface area contributed by atoms with E-state index in [4.69, 9.17) is 0 Å². The third kappa shape index (κ3) is 1.55. The van der Waals surface area contributed by atoms with Crippen LogP contribution in [0.3, 0.4) is 0 Å². The summed E-state index contributed by atoms with van der Waals surface area (Å²) in [4.78, 5) is 10.9. The number of hydrogen-bond donors (Lipinski definition) is 0. The third-order valence-corrected chi connectivity index (χ3v) is 2.63. The van der Waals surface area contributed by atoms with Crippen LogP contribution in [0.15, 0.2) is 16.6 Å². The van der Waals surface area contributed by atoms with E-state index in [-0.39, 0.29) is 11.3 Å². The topological polar surface area (TPSA) is 17.1 Å². The molecule has 0 fully saturated rings. The highest BCUT2D eigenvalue weighted by Gasteiger charge is 2.11. The van der Waals surface area contributed by atoms with Crippen molar-refractivity contribution in [1.82, 2.24) is 0 Å². The summed E-state index contributed by atoms with van der Waals surface area (Å²) in [6.45, 7) is 3.12. The molecule has 0 spiro atoms. The minimum absolute atomic E-state index is 0.132. The van der Waals surface area contributed by atoms with Gasteiger partial charge in [0.25, 0.3) is 0 Å². The van der Waals surface area contributed by atoms with E-state index in [1.807, 2.05) is 0 Å². The number of benzene rings is 1. The predicted octanol–water partition coefficient (Wildman–Crippen LogP) is 3.10. The Morgan fingerprint density at radius 2 is 2.08 bits per heavy atom. The summed E-state index contributed by atoms with van der Waals surface area (Å²) in [5.74, 6) is -0.726. The van der Waals surface area contributed by atoms with Gasteiger partial charge in [-0.15, -0.1) is 0 Å². The monoisotopic (exact) mass is 230 g/mol. The lowest BCUT2D eigenvalue weighted by atomic mass is 10.1. The molecule has 3 heteroatoms. The van der Waals surface area contributed by atoms with Gasteiger partial charge in [0, 0.05) is 0 Å². The van der Waals surface area contributed by atoms with Gasteiger partial charge < -0.3 is 0 Å². The fraction of sp³-hybridized carbons (Fsp3) is 0.222. The first-order valence-electron chi connectivity index (χ1n) is 3.49. The van der Waals surface area contributed by atoms with E-state index in [0.29, 0.717) is 4.47 Å². The summed E-state index contributed by atoms with van der Waals surface area (Å²) >= 11 is 3.07. The van der Waals surface area contributed by atoms with E-state index in [1.165, 1.54) is 13.0 Å². The van der Waals surface area contributed by atoms with Gasteiger partial charge in [0.2, 0.25) is 0 Å². The van der Waals surface area contributed by atoms with Crippen LogP contribution in [-0.2, 0) is 0 Å². The van der Waals surface area contributed by atoms with Gasteiger partial charge in [0.1, 0.15) is 5.82 Å². The molecule has 0 bridgehead atoms. The molecular formula is C9H8BrFO. The van der Waals surface area contributed by atoms with Crippen molar-refractivity contribution in [1.29, 1.82) is 0 Å². The minimum Gasteiger partial charge on any atom is -0.294 e. The van der Waals surface area contributed by atoms with Crippen molar-refractivity contribution in [2.45, 2.75) is 13.8 Å². The number of hydrogen-bond acceptors (Lipinski definition) is 1. The summed E-state index contributed by atoms with van der Waals surface area (Å²) < 4.78 is 13.6. The van der Waals surface area contributed by atoms with Crippen LogP contribution in [0.1, 0.15) is 22.8 Å². The van der Waals surface area contributed by atoms with E-state index in [0.717, 1.165) is 5.56 Å². The van der Waals surface area contributed by atoms with E-state index in [2.05, 4.69) is 15.9 Å². The highest BCUT2D eigenvalue weighted by molar-refractivity contribution is 9.10. The molecular weight excluding hydrogens is 223 g/mol. The van der Waals surface area contributed by atoms with E-state index < -0.39 is 5.82 Å². The molecule has 0 saturated carbocycles. The molecule has 0 saturated heterocycles. The smallest absolute Gasteiger partial charge is 0.162 e. The Balaban J connectivity index is 3.36. The van der Waals surface area contributed by atoms with Crippen LogP contribution >= 0.6 is 15.9 Å². The van der Waals surface area contributed by atoms with E-state index >= 15 is 0 Å².